The molecule has 0 saturated heterocycles. The second-order valence-electron chi connectivity index (χ2n) is 8.76. The Balaban J connectivity index is 2.18. The average Bonchev–Trinajstić information content (AvgIpc) is 2.85. The number of amides is 2. The lowest BCUT2D eigenvalue weighted by atomic mass is 9.90. The van der Waals surface area contributed by atoms with Crippen molar-refractivity contribution in [2.24, 2.45) is 0 Å². The van der Waals surface area contributed by atoms with Gasteiger partial charge in [-0.05, 0) is 50.1 Å². The molecule has 8 nitrogen and oxygen atoms in total. The summed E-state index contributed by atoms with van der Waals surface area (Å²) in [5.74, 6) is -0.393. The SMILES string of the molecule is CCOC(=O)N1c2cc(OC)c(O)cc2[C@H](N(Cc2cc(C(F)(F)F)cc(C(F)(F)F)c2)C(=O)OC)C[C@@H]1C. The highest BCUT2D eigenvalue weighted by atomic mass is 19.4. The van der Waals surface area contributed by atoms with Gasteiger partial charge in [-0.25, -0.2) is 9.59 Å². The van der Waals surface area contributed by atoms with Crippen molar-refractivity contribution >= 4 is 17.9 Å². The Morgan fingerprint density at radius 1 is 1.03 bits per heavy atom. The van der Waals surface area contributed by atoms with Gasteiger partial charge in [-0.1, -0.05) is 0 Å². The van der Waals surface area contributed by atoms with Crippen molar-refractivity contribution < 1.29 is 55.2 Å². The molecule has 2 amide bonds. The van der Waals surface area contributed by atoms with Crippen LogP contribution in [0.5, 0.6) is 11.5 Å². The van der Waals surface area contributed by atoms with E-state index in [-0.39, 0.29) is 41.8 Å². The highest BCUT2D eigenvalue weighted by Crippen LogP contribution is 2.46. The Bertz CT molecular complexity index is 1200. The standard InChI is InChI=1S/C25H26F6N2O6/c1-5-39-23(36)33-13(2)6-18(17-10-20(34)21(37-3)11-19(17)33)32(22(35)38-4)12-14-7-15(24(26,27)28)9-16(8-14)25(29,30)31/h7-11,13,18,34H,5-6,12H2,1-4H3/t13-,18+/m0/s1. The number of phenolic OH excluding ortho intramolecular Hbond substituents is 1. The Hall–Kier alpha value is -3.84. The summed E-state index contributed by atoms with van der Waals surface area (Å²) in [6.45, 7) is 2.55. The molecule has 1 aliphatic heterocycles. The molecule has 1 aliphatic rings. The third-order valence-corrected chi connectivity index (χ3v) is 6.20. The number of rotatable bonds is 5. The molecule has 0 saturated carbocycles. The van der Waals surface area contributed by atoms with E-state index >= 15 is 0 Å². The molecule has 1 heterocycles. The maximum absolute atomic E-state index is 13.4. The predicted molar refractivity (Wildman–Crippen MR) is 125 cm³/mol. The fraction of sp³-hybridized carbons (Fsp3) is 0.440. The lowest BCUT2D eigenvalue weighted by Gasteiger charge is -2.42. The number of alkyl halides is 6. The molecular weight excluding hydrogens is 538 g/mol. The first-order valence-corrected chi connectivity index (χ1v) is 11.6. The number of hydrogen-bond donors (Lipinski definition) is 1. The van der Waals surface area contributed by atoms with Crippen LogP contribution in [0.2, 0.25) is 0 Å². The van der Waals surface area contributed by atoms with Crippen LogP contribution in [0.25, 0.3) is 0 Å². The molecule has 2 atom stereocenters. The fourth-order valence-electron chi connectivity index (χ4n) is 4.50. The van der Waals surface area contributed by atoms with Gasteiger partial charge in [-0.3, -0.25) is 9.80 Å². The summed E-state index contributed by atoms with van der Waals surface area (Å²) in [5, 5.41) is 10.5. The van der Waals surface area contributed by atoms with E-state index in [4.69, 9.17) is 14.2 Å². The molecule has 0 spiro atoms. The first-order chi connectivity index (χ1) is 18.1. The quantitative estimate of drug-likeness (QED) is 0.417. The zero-order valence-electron chi connectivity index (χ0n) is 21.3. The summed E-state index contributed by atoms with van der Waals surface area (Å²) in [6, 6.07) is 1.88. The van der Waals surface area contributed by atoms with Crippen LogP contribution < -0.4 is 9.64 Å². The van der Waals surface area contributed by atoms with Crippen molar-refractivity contribution in [3.05, 3.63) is 52.6 Å². The molecule has 0 fully saturated rings. The molecule has 214 valence electrons. The van der Waals surface area contributed by atoms with Crippen LogP contribution in [0.15, 0.2) is 30.3 Å². The van der Waals surface area contributed by atoms with E-state index in [9.17, 15) is 41.0 Å². The summed E-state index contributed by atoms with van der Waals surface area (Å²) < 4.78 is 95.7. The third-order valence-electron chi connectivity index (χ3n) is 6.20. The maximum Gasteiger partial charge on any atom is 0.416 e. The van der Waals surface area contributed by atoms with Gasteiger partial charge in [0, 0.05) is 24.2 Å². The third kappa shape index (κ3) is 6.25. The van der Waals surface area contributed by atoms with Gasteiger partial charge in [0.1, 0.15) is 0 Å². The van der Waals surface area contributed by atoms with Crippen LogP contribution in [-0.2, 0) is 28.4 Å². The Morgan fingerprint density at radius 2 is 1.62 bits per heavy atom. The number of anilines is 1. The van der Waals surface area contributed by atoms with Crippen LogP contribution in [0.1, 0.15) is 48.6 Å². The molecule has 2 aromatic rings. The Kier molecular flexibility index (Phi) is 8.46. The molecule has 0 bridgehead atoms. The summed E-state index contributed by atoms with van der Waals surface area (Å²) in [6.07, 6.45) is -12.0. The largest absolute Gasteiger partial charge is 0.504 e. The van der Waals surface area contributed by atoms with E-state index in [1.54, 1.807) is 13.8 Å². The molecule has 0 unspecified atom stereocenters. The number of carbonyl (C=O) groups is 2. The summed E-state index contributed by atoms with van der Waals surface area (Å²) >= 11 is 0. The first-order valence-electron chi connectivity index (χ1n) is 11.6. The second-order valence-corrected chi connectivity index (χ2v) is 8.76. The summed E-state index contributed by atoms with van der Waals surface area (Å²) in [7, 11) is 2.28. The number of hydrogen-bond acceptors (Lipinski definition) is 6. The Labute approximate surface area is 219 Å². The van der Waals surface area contributed by atoms with Crippen LogP contribution in [0.3, 0.4) is 0 Å². The van der Waals surface area contributed by atoms with Gasteiger partial charge in [0.2, 0.25) is 0 Å². The number of aromatic hydroxyl groups is 1. The molecule has 0 radical (unpaired) electrons. The zero-order chi connectivity index (χ0) is 29.3. The van der Waals surface area contributed by atoms with Crippen molar-refractivity contribution in [2.75, 3.05) is 25.7 Å². The molecule has 3 rings (SSSR count). The first kappa shape index (κ1) is 29.7. The normalized spacial score (nSPS) is 17.3. The number of halogens is 6. The molecule has 2 aromatic carbocycles. The molecular formula is C25H26F6N2O6. The average molecular weight is 564 g/mol. The van der Waals surface area contributed by atoms with Gasteiger partial charge in [0.05, 0.1) is 43.7 Å². The fourth-order valence-corrected chi connectivity index (χ4v) is 4.50. The number of phenols is 1. The monoisotopic (exact) mass is 564 g/mol. The van der Waals surface area contributed by atoms with Crippen molar-refractivity contribution in [1.29, 1.82) is 0 Å². The van der Waals surface area contributed by atoms with Crippen LogP contribution in [0.4, 0.5) is 41.6 Å². The maximum atomic E-state index is 13.4. The highest BCUT2D eigenvalue weighted by Gasteiger charge is 2.41. The van der Waals surface area contributed by atoms with Crippen molar-refractivity contribution in [3.63, 3.8) is 0 Å². The molecule has 1 N–H and O–H groups in total. The van der Waals surface area contributed by atoms with E-state index < -0.39 is 59.9 Å². The van der Waals surface area contributed by atoms with E-state index in [1.807, 2.05) is 0 Å². The van der Waals surface area contributed by atoms with Crippen molar-refractivity contribution in [2.45, 2.75) is 51.2 Å². The zero-order valence-corrected chi connectivity index (χ0v) is 21.3. The van der Waals surface area contributed by atoms with E-state index in [0.29, 0.717) is 12.1 Å². The topological polar surface area (TPSA) is 88.5 Å². The molecule has 39 heavy (non-hydrogen) atoms. The lowest BCUT2D eigenvalue weighted by molar-refractivity contribution is -0.143. The number of ether oxygens (including phenoxy) is 3. The van der Waals surface area contributed by atoms with E-state index in [0.717, 1.165) is 12.0 Å². The molecule has 0 aliphatic carbocycles. The van der Waals surface area contributed by atoms with Gasteiger partial charge >= 0.3 is 24.5 Å². The van der Waals surface area contributed by atoms with Crippen LogP contribution >= 0.6 is 0 Å². The number of fused-ring (bicyclic) bond motifs is 1. The number of carbonyl (C=O) groups excluding carboxylic acids is 2. The van der Waals surface area contributed by atoms with Crippen LogP contribution in [-0.4, -0.2) is 49.1 Å². The van der Waals surface area contributed by atoms with Crippen molar-refractivity contribution in [3.8, 4) is 11.5 Å². The highest BCUT2D eigenvalue weighted by molar-refractivity contribution is 5.91. The van der Waals surface area contributed by atoms with E-state index in [1.165, 1.54) is 24.1 Å². The number of nitrogens with zero attached hydrogens (tertiary/aromatic N) is 2. The molecule has 0 aromatic heterocycles. The predicted octanol–water partition coefficient (Wildman–Crippen LogP) is 6.50. The minimum atomic E-state index is -5.08. The van der Waals surface area contributed by atoms with Gasteiger partial charge in [0.25, 0.3) is 0 Å². The van der Waals surface area contributed by atoms with Gasteiger partial charge < -0.3 is 19.3 Å². The summed E-state index contributed by atoms with van der Waals surface area (Å²) in [5.41, 5.74) is -3.19. The minimum absolute atomic E-state index is 0.00843. The van der Waals surface area contributed by atoms with Gasteiger partial charge in [0.15, 0.2) is 11.5 Å². The second kappa shape index (κ2) is 11.1. The van der Waals surface area contributed by atoms with Crippen LogP contribution in [0, 0.1) is 0 Å². The number of benzene rings is 2. The summed E-state index contributed by atoms with van der Waals surface area (Å²) in [4.78, 5) is 27.9. The minimum Gasteiger partial charge on any atom is -0.504 e. The smallest absolute Gasteiger partial charge is 0.416 e. The van der Waals surface area contributed by atoms with Gasteiger partial charge in [-0.2, -0.15) is 26.3 Å². The molecule has 14 heteroatoms. The number of methoxy groups -OCH3 is 2. The van der Waals surface area contributed by atoms with Gasteiger partial charge in [-0.15, -0.1) is 0 Å². The Morgan fingerprint density at radius 3 is 2.10 bits per heavy atom. The lowest BCUT2D eigenvalue weighted by Crippen LogP contribution is -2.47. The van der Waals surface area contributed by atoms with E-state index in [2.05, 4.69) is 0 Å². The van der Waals surface area contributed by atoms with Crippen molar-refractivity contribution in [1.82, 2.24) is 4.90 Å².